The second kappa shape index (κ2) is 4.44. The lowest BCUT2D eigenvalue weighted by molar-refractivity contribution is 0.376. The van der Waals surface area contributed by atoms with Crippen LogP contribution in [0.4, 0.5) is 5.82 Å². The van der Waals surface area contributed by atoms with E-state index in [4.69, 9.17) is 4.98 Å². The molecule has 1 aromatic rings. The molecule has 0 saturated carbocycles. The average Bonchev–Trinajstić information content (AvgIpc) is 2.25. The van der Waals surface area contributed by atoms with Crippen LogP contribution in [0.15, 0.2) is 12.1 Å². The lowest BCUT2D eigenvalue weighted by Gasteiger charge is -2.20. The molecule has 1 aromatic heterocycles. The molecule has 0 spiro atoms. The van der Waals surface area contributed by atoms with Gasteiger partial charge in [-0.2, -0.15) is 0 Å². The van der Waals surface area contributed by atoms with Crippen LogP contribution in [0.1, 0.15) is 44.9 Å². The number of pyridine rings is 1. The van der Waals surface area contributed by atoms with Crippen LogP contribution in [0.25, 0.3) is 0 Å². The molecule has 2 heterocycles. The van der Waals surface area contributed by atoms with E-state index in [1.165, 1.54) is 30.5 Å². The van der Waals surface area contributed by atoms with Gasteiger partial charge >= 0.3 is 0 Å². The van der Waals surface area contributed by atoms with Gasteiger partial charge < -0.3 is 5.32 Å². The second-order valence-corrected chi connectivity index (χ2v) is 5.90. The van der Waals surface area contributed by atoms with Crippen LogP contribution in [0.3, 0.4) is 0 Å². The molecule has 0 saturated heterocycles. The molecule has 0 aliphatic carbocycles. The Morgan fingerprint density at radius 3 is 2.88 bits per heavy atom. The maximum Gasteiger partial charge on any atom is 0.129 e. The fourth-order valence-corrected chi connectivity index (χ4v) is 2.01. The third kappa shape index (κ3) is 2.97. The van der Waals surface area contributed by atoms with Crippen molar-refractivity contribution in [3.63, 3.8) is 0 Å². The molecule has 2 heteroatoms. The third-order valence-corrected chi connectivity index (χ3v) is 3.08. The number of rotatable bonds is 2. The van der Waals surface area contributed by atoms with Gasteiger partial charge in [-0.25, -0.2) is 4.98 Å². The Labute approximate surface area is 98.5 Å². The van der Waals surface area contributed by atoms with Gasteiger partial charge in [0.25, 0.3) is 0 Å². The zero-order valence-electron chi connectivity index (χ0n) is 10.6. The van der Waals surface area contributed by atoms with Crippen LogP contribution in [0.5, 0.6) is 0 Å². The fourth-order valence-electron chi connectivity index (χ4n) is 2.01. The predicted molar refractivity (Wildman–Crippen MR) is 68.8 cm³/mol. The zero-order valence-corrected chi connectivity index (χ0v) is 10.6. The van der Waals surface area contributed by atoms with Gasteiger partial charge in [-0.05, 0) is 42.7 Å². The van der Waals surface area contributed by atoms with Crippen molar-refractivity contribution in [2.75, 3.05) is 11.9 Å². The molecular weight excluding hydrogens is 196 g/mol. The molecule has 2 rings (SSSR count). The average molecular weight is 218 g/mol. The van der Waals surface area contributed by atoms with Crippen LogP contribution in [0, 0.1) is 5.41 Å². The smallest absolute Gasteiger partial charge is 0.129 e. The number of anilines is 1. The van der Waals surface area contributed by atoms with Gasteiger partial charge in [-0.3, -0.25) is 0 Å². The van der Waals surface area contributed by atoms with Crippen molar-refractivity contribution in [3.8, 4) is 0 Å². The molecule has 0 amide bonds. The summed E-state index contributed by atoms with van der Waals surface area (Å²) in [5.74, 6) is 1.12. The van der Waals surface area contributed by atoms with E-state index in [1.807, 2.05) is 0 Å². The highest BCUT2D eigenvalue weighted by molar-refractivity contribution is 5.46. The molecule has 0 bridgehead atoms. The van der Waals surface area contributed by atoms with E-state index < -0.39 is 0 Å². The normalized spacial score (nSPS) is 15.4. The van der Waals surface area contributed by atoms with Crippen LogP contribution in [-0.4, -0.2) is 11.5 Å². The summed E-state index contributed by atoms with van der Waals surface area (Å²) in [6, 6.07) is 4.43. The number of hydrogen-bond donors (Lipinski definition) is 1. The summed E-state index contributed by atoms with van der Waals surface area (Å²) in [6.45, 7) is 7.92. The van der Waals surface area contributed by atoms with Crippen molar-refractivity contribution in [2.45, 2.75) is 46.5 Å². The van der Waals surface area contributed by atoms with Crippen LogP contribution < -0.4 is 5.32 Å². The molecule has 88 valence electrons. The summed E-state index contributed by atoms with van der Waals surface area (Å²) < 4.78 is 0. The SMILES string of the molecule is CC(C)(C)CCc1ccc2c(n1)NCCC2. The molecule has 0 fully saturated rings. The molecule has 0 unspecified atom stereocenters. The Bertz CT molecular complexity index is 363. The zero-order chi connectivity index (χ0) is 11.6. The van der Waals surface area contributed by atoms with Crippen molar-refractivity contribution in [1.82, 2.24) is 4.98 Å². The summed E-state index contributed by atoms with van der Waals surface area (Å²) in [4.78, 5) is 4.71. The highest BCUT2D eigenvalue weighted by atomic mass is 15.0. The molecule has 0 aromatic carbocycles. The topological polar surface area (TPSA) is 24.9 Å². The Balaban J connectivity index is 2.06. The van der Waals surface area contributed by atoms with Gasteiger partial charge in [-0.1, -0.05) is 26.8 Å². The monoisotopic (exact) mass is 218 g/mol. The highest BCUT2D eigenvalue weighted by Gasteiger charge is 2.13. The Morgan fingerprint density at radius 1 is 1.31 bits per heavy atom. The Morgan fingerprint density at radius 2 is 2.12 bits per heavy atom. The number of fused-ring (bicyclic) bond motifs is 1. The summed E-state index contributed by atoms with van der Waals surface area (Å²) in [7, 11) is 0. The van der Waals surface area contributed by atoms with E-state index in [9.17, 15) is 0 Å². The molecule has 1 aliphatic heterocycles. The van der Waals surface area contributed by atoms with E-state index >= 15 is 0 Å². The maximum atomic E-state index is 4.71. The van der Waals surface area contributed by atoms with Crippen molar-refractivity contribution < 1.29 is 0 Å². The van der Waals surface area contributed by atoms with Gasteiger partial charge in [0, 0.05) is 12.2 Å². The number of aryl methyl sites for hydroxylation is 2. The van der Waals surface area contributed by atoms with Crippen LogP contribution in [-0.2, 0) is 12.8 Å². The van der Waals surface area contributed by atoms with E-state index in [0.29, 0.717) is 5.41 Å². The van der Waals surface area contributed by atoms with Crippen molar-refractivity contribution in [3.05, 3.63) is 23.4 Å². The number of nitrogens with zero attached hydrogens (tertiary/aromatic N) is 1. The molecular formula is C14H22N2. The summed E-state index contributed by atoms with van der Waals surface area (Å²) >= 11 is 0. The summed E-state index contributed by atoms with van der Waals surface area (Å²) in [6.07, 6.45) is 4.68. The third-order valence-electron chi connectivity index (χ3n) is 3.08. The minimum atomic E-state index is 0.394. The lowest BCUT2D eigenvalue weighted by atomic mass is 9.89. The first kappa shape index (κ1) is 11.4. The Hall–Kier alpha value is -1.05. The molecule has 0 atom stereocenters. The van der Waals surface area contributed by atoms with E-state index in [-0.39, 0.29) is 0 Å². The standard InChI is InChI=1S/C14H22N2/c1-14(2,3)9-8-12-7-6-11-5-4-10-15-13(11)16-12/h6-7H,4-5,8-10H2,1-3H3,(H,15,16). The maximum absolute atomic E-state index is 4.71. The molecule has 1 aliphatic rings. The fraction of sp³-hybridized carbons (Fsp3) is 0.643. The van der Waals surface area contributed by atoms with Gasteiger partial charge in [0.15, 0.2) is 0 Å². The molecule has 16 heavy (non-hydrogen) atoms. The second-order valence-electron chi connectivity index (χ2n) is 5.90. The van der Waals surface area contributed by atoms with Crippen LogP contribution >= 0.6 is 0 Å². The van der Waals surface area contributed by atoms with Gasteiger partial charge in [0.05, 0.1) is 0 Å². The van der Waals surface area contributed by atoms with Crippen molar-refractivity contribution in [2.24, 2.45) is 5.41 Å². The quantitative estimate of drug-likeness (QED) is 0.822. The Kier molecular flexibility index (Phi) is 3.17. The number of hydrogen-bond acceptors (Lipinski definition) is 2. The molecule has 0 radical (unpaired) electrons. The molecule has 2 nitrogen and oxygen atoms in total. The first-order valence-electron chi connectivity index (χ1n) is 6.27. The molecule has 1 N–H and O–H groups in total. The van der Waals surface area contributed by atoms with E-state index in [0.717, 1.165) is 18.8 Å². The van der Waals surface area contributed by atoms with E-state index in [2.05, 4.69) is 38.2 Å². The predicted octanol–water partition coefficient (Wildman–Crippen LogP) is 3.42. The van der Waals surface area contributed by atoms with Crippen LogP contribution in [0.2, 0.25) is 0 Å². The highest BCUT2D eigenvalue weighted by Crippen LogP contribution is 2.23. The number of nitrogens with one attached hydrogen (secondary N) is 1. The lowest BCUT2D eigenvalue weighted by Crippen LogP contribution is -2.14. The van der Waals surface area contributed by atoms with Gasteiger partial charge in [-0.15, -0.1) is 0 Å². The summed E-state index contributed by atoms with van der Waals surface area (Å²) in [5.41, 5.74) is 3.00. The minimum Gasteiger partial charge on any atom is -0.370 e. The van der Waals surface area contributed by atoms with Crippen molar-refractivity contribution in [1.29, 1.82) is 0 Å². The summed E-state index contributed by atoms with van der Waals surface area (Å²) in [5, 5.41) is 3.39. The minimum absolute atomic E-state index is 0.394. The van der Waals surface area contributed by atoms with Gasteiger partial charge in [0.2, 0.25) is 0 Å². The number of aromatic nitrogens is 1. The van der Waals surface area contributed by atoms with Crippen molar-refractivity contribution >= 4 is 5.82 Å². The first-order chi connectivity index (χ1) is 7.54. The first-order valence-corrected chi connectivity index (χ1v) is 6.27. The van der Waals surface area contributed by atoms with Gasteiger partial charge in [0.1, 0.15) is 5.82 Å². The van der Waals surface area contributed by atoms with E-state index in [1.54, 1.807) is 0 Å². The largest absolute Gasteiger partial charge is 0.370 e.